The second-order valence-corrected chi connectivity index (χ2v) is 13.9. The van der Waals surface area contributed by atoms with E-state index in [-0.39, 0.29) is 30.4 Å². The van der Waals surface area contributed by atoms with Crippen molar-refractivity contribution in [1.82, 2.24) is 10.6 Å². The van der Waals surface area contributed by atoms with Crippen LogP contribution in [-0.2, 0) is 22.7 Å². The summed E-state index contributed by atoms with van der Waals surface area (Å²) in [5.74, 6) is -0.0723. The largest absolute Gasteiger partial charge is 0.469 e. The first-order valence-electron chi connectivity index (χ1n) is 15.4. The number of unbranched alkanes of at least 4 members (excludes halogenated alkanes) is 10. The zero-order valence-electron chi connectivity index (χ0n) is 25.7. The first kappa shape index (κ1) is 40.0. The van der Waals surface area contributed by atoms with Crippen LogP contribution in [0.25, 0.3) is 0 Å². The molecule has 1 aromatic rings. The molecule has 14 nitrogen and oxygen atoms in total. The van der Waals surface area contributed by atoms with Gasteiger partial charge in [-0.3, -0.25) is 24.4 Å². The summed E-state index contributed by atoms with van der Waals surface area (Å²) in [6.45, 7) is 0.606. The number of guanidine groups is 2. The molecule has 16 heteroatoms. The highest BCUT2D eigenvalue weighted by molar-refractivity contribution is 7.62. The van der Waals surface area contributed by atoms with Crippen molar-refractivity contribution in [2.45, 2.75) is 102 Å². The summed E-state index contributed by atoms with van der Waals surface area (Å²) < 4.78 is 42.3. The number of benzene rings is 1. The van der Waals surface area contributed by atoms with Crippen LogP contribution in [0.5, 0.6) is 0 Å². The average molecular weight is 665 g/mol. The normalized spacial score (nSPS) is 14.4. The molecule has 0 bridgehead atoms. The Morgan fingerprint density at radius 3 is 1.64 bits per heavy atom. The number of hydrogen-bond acceptors (Lipinski definition) is 8. The van der Waals surface area contributed by atoms with Crippen LogP contribution in [0.1, 0.15) is 89.9 Å². The van der Waals surface area contributed by atoms with Gasteiger partial charge in [0.05, 0.1) is 30.7 Å². The van der Waals surface area contributed by atoms with Crippen molar-refractivity contribution in [1.29, 1.82) is 10.8 Å². The van der Waals surface area contributed by atoms with Crippen LogP contribution in [0.15, 0.2) is 30.3 Å². The smallest absolute Gasteiger partial charge is 0.394 e. The van der Waals surface area contributed by atoms with Gasteiger partial charge in [-0.25, -0.2) is 4.57 Å². The van der Waals surface area contributed by atoms with E-state index in [1.165, 1.54) is 0 Å². The fraction of sp³-hybridized carbons (Fsp3) is 0.714. The molecule has 0 aliphatic carbocycles. The van der Waals surface area contributed by atoms with Gasteiger partial charge in [-0.15, -0.1) is 0 Å². The maximum absolute atomic E-state index is 14.0. The summed E-state index contributed by atoms with van der Waals surface area (Å²) in [5, 5.41) is 30.1. The number of nitrogens with one attached hydrogen (secondary N) is 4. The van der Waals surface area contributed by atoms with Crippen molar-refractivity contribution >= 4 is 32.6 Å². The van der Waals surface area contributed by atoms with Crippen molar-refractivity contribution in [3.8, 4) is 0 Å². The summed E-state index contributed by atoms with van der Waals surface area (Å²) in [7, 11) is -8.80. The zero-order chi connectivity index (χ0) is 32.7. The topological polar surface area (TPSA) is 246 Å². The van der Waals surface area contributed by atoms with E-state index in [0.717, 1.165) is 70.6 Å². The summed E-state index contributed by atoms with van der Waals surface area (Å²) in [6, 6.07) is 8.33. The van der Waals surface area contributed by atoms with Gasteiger partial charge >= 0.3 is 15.4 Å². The minimum absolute atomic E-state index is 0.0273. The Morgan fingerprint density at radius 2 is 1.18 bits per heavy atom. The van der Waals surface area contributed by atoms with Crippen LogP contribution in [0.2, 0.25) is 0 Å². The molecule has 3 unspecified atom stereocenters. The van der Waals surface area contributed by atoms with Gasteiger partial charge in [0, 0.05) is 13.1 Å². The molecule has 0 amide bonds. The summed E-state index contributed by atoms with van der Waals surface area (Å²) in [5.41, 5.74) is 10.5. The molecule has 44 heavy (non-hydrogen) atoms. The van der Waals surface area contributed by atoms with Crippen molar-refractivity contribution in [3.63, 3.8) is 0 Å². The lowest BCUT2D eigenvalue weighted by molar-refractivity contribution is 0.0547. The third-order valence-corrected chi connectivity index (χ3v) is 9.39. The molecule has 1 rings (SSSR count). The lowest BCUT2D eigenvalue weighted by Gasteiger charge is -2.26. The molecule has 0 heterocycles. The maximum atomic E-state index is 14.0. The third-order valence-electron chi connectivity index (χ3n) is 6.82. The molecule has 0 radical (unpaired) electrons. The van der Waals surface area contributed by atoms with Crippen LogP contribution in [0.3, 0.4) is 0 Å². The molecule has 0 aromatic heterocycles. The highest BCUT2D eigenvalue weighted by Crippen LogP contribution is 2.50. The Balaban J connectivity index is 2.64. The van der Waals surface area contributed by atoms with Gasteiger partial charge in [0.1, 0.15) is 0 Å². The van der Waals surface area contributed by atoms with Crippen LogP contribution in [0, 0.1) is 10.8 Å². The SMILES string of the molecule is N=C(N)NCCCCCCCCC(COP(=O)(OC(CO)CCCCCCCCNC(=N)N)c1ccccc1)OP(=O)(O)O. The van der Waals surface area contributed by atoms with E-state index in [1.807, 2.05) is 0 Å². The number of aliphatic hydroxyl groups is 1. The van der Waals surface area contributed by atoms with E-state index < -0.39 is 27.6 Å². The first-order chi connectivity index (χ1) is 20.9. The van der Waals surface area contributed by atoms with Gasteiger partial charge in [-0.05, 0) is 37.8 Å². The highest BCUT2D eigenvalue weighted by Gasteiger charge is 2.33. The molecular weight excluding hydrogens is 610 g/mol. The summed E-state index contributed by atoms with van der Waals surface area (Å²) in [4.78, 5) is 18.9. The quantitative estimate of drug-likeness (QED) is 0.0282. The predicted molar refractivity (Wildman–Crippen MR) is 173 cm³/mol. The number of phosphoric acid groups is 1. The molecule has 0 aliphatic heterocycles. The standard InChI is InChI=1S/C28H54N6O8P2/c29-27(30)33-20-14-7-3-1-5-10-16-24(22-35)41-43(36,26-18-12-9-13-19-26)40-23-25(42-44(37,38)39)17-11-6-2-4-8-15-21-34-28(31)32/h9,12-13,18-19,24-25,35H,1-8,10-11,14-17,20-23H2,(H4,29,30,33)(H4,31,32,34)(H2,37,38,39). The van der Waals surface area contributed by atoms with Gasteiger partial charge in [0.25, 0.3) is 0 Å². The lowest BCUT2D eigenvalue weighted by Crippen LogP contribution is -2.30. The molecule has 0 fully saturated rings. The average Bonchev–Trinajstić information content (AvgIpc) is 2.96. The van der Waals surface area contributed by atoms with Gasteiger partial charge in [0.2, 0.25) is 0 Å². The highest BCUT2D eigenvalue weighted by atomic mass is 31.2. The summed E-state index contributed by atoms with van der Waals surface area (Å²) in [6.07, 6.45) is 9.81. The second-order valence-electron chi connectivity index (χ2n) is 10.8. The molecule has 3 atom stereocenters. The third kappa shape index (κ3) is 20.8. The van der Waals surface area contributed by atoms with Crippen molar-refractivity contribution in [3.05, 3.63) is 30.3 Å². The van der Waals surface area contributed by atoms with Gasteiger partial charge in [-0.2, -0.15) is 0 Å². The van der Waals surface area contributed by atoms with Gasteiger partial charge < -0.3 is 41.5 Å². The Bertz CT molecular complexity index is 1020. The molecule has 0 aliphatic rings. The minimum atomic E-state index is -4.83. The number of nitrogens with two attached hydrogens (primary N) is 2. The van der Waals surface area contributed by atoms with E-state index in [0.29, 0.717) is 32.4 Å². The number of rotatable bonds is 27. The molecular formula is C28H54N6O8P2. The zero-order valence-corrected chi connectivity index (χ0v) is 27.5. The van der Waals surface area contributed by atoms with E-state index in [4.69, 9.17) is 35.9 Å². The molecule has 0 spiro atoms. The summed E-state index contributed by atoms with van der Waals surface area (Å²) >= 11 is 0. The molecule has 11 N–H and O–H groups in total. The Kier molecular flexibility index (Phi) is 21.2. The van der Waals surface area contributed by atoms with E-state index in [1.54, 1.807) is 30.3 Å². The molecule has 254 valence electrons. The fourth-order valence-electron chi connectivity index (χ4n) is 4.55. The number of hydrogen-bond donors (Lipinski definition) is 9. The fourth-order valence-corrected chi connectivity index (χ4v) is 6.90. The predicted octanol–water partition coefficient (Wildman–Crippen LogP) is 3.80. The van der Waals surface area contributed by atoms with Crippen molar-refractivity contribution in [2.24, 2.45) is 11.5 Å². The minimum Gasteiger partial charge on any atom is -0.394 e. The van der Waals surface area contributed by atoms with Crippen molar-refractivity contribution < 1.29 is 37.6 Å². The van der Waals surface area contributed by atoms with Crippen LogP contribution in [0.4, 0.5) is 0 Å². The Morgan fingerprint density at radius 1 is 0.727 bits per heavy atom. The monoisotopic (exact) mass is 664 g/mol. The van der Waals surface area contributed by atoms with Crippen molar-refractivity contribution in [2.75, 3.05) is 26.3 Å². The Labute approximate surface area is 261 Å². The van der Waals surface area contributed by atoms with E-state index in [9.17, 15) is 24.0 Å². The lowest BCUT2D eigenvalue weighted by atomic mass is 10.1. The maximum Gasteiger partial charge on any atom is 0.469 e. The molecule has 0 saturated carbocycles. The Hall–Kier alpha value is -2.02. The van der Waals surface area contributed by atoms with Crippen LogP contribution >= 0.6 is 15.4 Å². The van der Waals surface area contributed by atoms with Gasteiger partial charge in [0.15, 0.2) is 11.9 Å². The van der Waals surface area contributed by atoms with Gasteiger partial charge in [-0.1, -0.05) is 82.4 Å². The van der Waals surface area contributed by atoms with Crippen LogP contribution in [-0.4, -0.2) is 65.3 Å². The number of phosphoric ester groups is 1. The second kappa shape index (κ2) is 23.3. The first-order valence-corrected chi connectivity index (χ1v) is 18.5. The van der Waals surface area contributed by atoms with E-state index in [2.05, 4.69) is 10.6 Å². The molecule has 0 saturated heterocycles. The van der Waals surface area contributed by atoms with E-state index >= 15 is 0 Å². The van der Waals surface area contributed by atoms with Crippen LogP contribution < -0.4 is 27.4 Å². The molecule has 1 aromatic carbocycles. The number of aliphatic hydroxyl groups excluding tert-OH is 1.